The zero-order valence-corrected chi connectivity index (χ0v) is 10.6. The van der Waals surface area contributed by atoms with Gasteiger partial charge in [-0.25, -0.2) is 14.8 Å². The van der Waals surface area contributed by atoms with Crippen molar-refractivity contribution in [1.29, 1.82) is 0 Å². The average molecular weight is 264 g/mol. The van der Waals surface area contributed by atoms with Gasteiger partial charge in [-0.15, -0.1) is 11.3 Å². The molecule has 2 aromatic heterocycles. The molecular formula is C12H12N2O3S. The van der Waals surface area contributed by atoms with Crippen LogP contribution in [-0.4, -0.2) is 29.7 Å². The Kier molecular flexibility index (Phi) is 4.25. The number of aromatic nitrogens is 2. The Balaban J connectivity index is 1.85. The minimum atomic E-state index is -0.507. The number of carbonyl (C=O) groups is 1. The van der Waals surface area contributed by atoms with E-state index >= 15 is 0 Å². The van der Waals surface area contributed by atoms with Crippen LogP contribution in [0, 0.1) is 0 Å². The van der Waals surface area contributed by atoms with Crippen molar-refractivity contribution in [2.45, 2.75) is 6.42 Å². The molecule has 0 aromatic carbocycles. The molecule has 0 fully saturated rings. The maximum absolute atomic E-state index is 11.1. The zero-order chi connectivity index (χ0) is 12.8. The molecule has 0 saturated heterocycles. The van der Waals surface area contributed by atoms with Crippen molar-refractivity contribution in [2.75, 3.05) is 13.7 Å². The van der Waals surface area contributed by atoms with Gasteiger partial charge < -0.3 is 9.47 Å². The molecule has 0 spiro atoms. The molecule has 2 rings (SSSR count). The van der Waals surface area contributed by atoms with Gasteiger partial charge in [-0.2, -0.15) is 0 Å². The molecule has 2 aromatic rings. The zero-order valence-electron chi connectivity index (χ0n) is 9.83. The first kappa shape index (κ1) is 12.5. The molecule has 0 radical (unpaired) electrons. The second-order valence-electron chi connectivity index (χ2n) is 3.41. The van der Waals surface area contributed by atoms with Crippen LogP contribution >= 0.6 is 11.3 Å². The summed E-state index contributed by atoms with van der Waals surface area (Å²) in [5.41, 5.74) is 0.170. The van der Waals surface area contributed by atoms with Gasteiger partial charge in [0.05, 0.1) is 26.1 Å². The molecular weight excluding hydrogens is 252 g/mol. The Labute approximate surface area is 108 Å². The van der Waals surface area contributed by atoms with Crippen LogP contribution in [0.25, 0.3) is 0 Å². The lowest BCUT2D eigenvalue weighted by atomic mass is 10.4. The molecule has 0 aliphatic heterocycles. The van der Waals surface area contributed by atoms with Gasteiger partial charge in [0.15, 0.2) is 5.69 Å². The van der Waals surface area contributed by atoms with Gasteiger partial charge in [0.1, 0.15) is 0 Å². The van der Waals surface area contributed by atoms with Crippen molar-refractivity contribution in [2.24, 2.45) is 0 Å². The van der Waals surface area contributed by atoms with Crippen LogP contribution in [0.5, 0.6) is 5.88 Å². The van der Waals surface area contributed by atoms with Crippen molar-refractivity contribution >= 4 is 17.3 Å². The molecule has 2 heterocycles. The van der Waals surface area contributed by atoms with Crippen LogP contribution in [-0.2, 0) is 11.2 Å². The highest BCUT2D eigenvalue weighted by molar-refractivity contribution is 7.09. The molecule has 0 aliphatic carbocycles. The van der Waals surface area contributed by atoms with Crippen molar-refractivity contribution < 1.29 is 14.3 Å². The van der Waals surface area contributed by atoms with E-state index in [2.05, 4.69) is 20.8 Å². The normalized spacial score (nSPS) is 10.1. The fraction of sp³-hybridized carbons (Fsp3) is 0.250. The Bertz CT molecular complexity index is 497. The monoisotopic (exact) mass is 264 g/mol. The number of ether oxygens (including phenoxy) is 2. The predicted octanol–water partition coefficient (Wildman–Crippen LogP) is 1.95. The minimum absolute atomic E-state index is 0.170. The van der Waals surface area contributed by atoms with E-state index in [-0.39, 0.29) is 5.69 Å². The number of hydrogen-bond acceptors (Lipinski definition) is 6. The molecule has 0 unspecified atom stereocenters. The van der Waals surface area contributed by atoms with E-state index in [1.807, 2.05) is 11.4 Å². The third-order valence-electron chi connectivity index (χ3n) is 2.20. The summed E-state index contributed by atoms with van der Waals surface area (Å²) in [5.74, 6) is -0.105. The highest BCUT2D eigenvalue weighted by atomic mass is 32.1. The third-order valence-corrected chi connectivity index (χ3v) is 3.14. The van der Waals surface area contributed by atoms with Gasteiger partial charge in [-0.1, -0.05) is 6.07 Å². The number of hydrogen-bond donors (Lipinski definition) is 0. The molecule has 6 heteroatoms. The van der Waals surface area contributed by atoms with E-state index in [1.165, 1.54) is 24.4 Å². The van der Waals surface area contributed by atoms with E-state index in [0.717, 1.165) is 6.42 Å². The average Bonchev–Trinajstić information content (AvgIpc) is 2.92. The number of thiophene rings is 1. The van der Waals surface area contributed by atoms with E-state index in [1.54, 1.807) is 11.3 Å². The maximum Gasteiger partial charge on any atom is 0.358 e. The fourth-order valence-electron chi connectivity index (χ4n) is 1.31. The number of methoxy groups -OCH3 is 1. The highest BCUT2D eigenvalue weighted by Gasteiger charge is 2.07. The summed E-state index contributed by atoms with van der Waals surface area (Å²) in [7, 11) is 1.30. The summed E-state index contributed by atoms with van der Waals surface area (Å²) in [6.07, 6.45) is 3.59. The second kappa shape index (κ2) is 6.11. The standard InChI is InChI=1S/C12H12N2O3S/c1-16-12(15)10-7-14-11(8-13-10)17-5-4-9-3-2-6-18-9/h2-3,6-8H,4-5H2,1H3. The van der Waals surface area contributed by atoms with Gasteiger partial charge in [0, 0.05) is 11.3 Å². The van der Waals surface area contributed by atoms with E-state index in [4.69, 9.17) is 4.74 Å². The van der Waals surface area contributed by atoms with Crippen molar-refractivity contribution in [1.82, 2.24) is 9.97 Å². The van der Waals surface area contributed by atoms with Crippen LogP contribution in [0.1, 0.15) is 15.4 Å². The molecule has 0 bridgehead atoms. The first-order chi connectivity index (χ1) is 8.79. The summed E-state index contributed by atoms with van der Waals surface area (Å²) < 4.78 is 9.95. The van der Waals surface area contributed by atoms with Crippen LogP contribution in [0.15, 0.2) is 29.9 Å². The summed E-state index contributed by atoms with van der Waals surface area (Å²) in [6, 6.07) is 4.06. The molecule has 0 saturated carbocycles. The third kappa shape index (κ3) is 3.27. The van der Waals surface area contributed by atoms with Crippen molar-refractivity contribution in [3.8, 4) is 5.88 Å². The van der Waals surface area contributed by atoms with Crippen LogP contribution in [0.2, 0.25) is 0 Å². The summed E-state index contributed by atoms with van der Waals surface area (Å²) >= 11 is 1.69. The fourth-order valence-corrected chi connectivity index (χ4v) is 2.00. The van der Waals surface area contributed by atoms with E-state index < -0.39 is 5.97 Å². The molecule has 0 atom stereocenters. The maximum atomic E-state index is 11.1. The van der Waals surface area contributed by atoms with Gasteiger partial charge >= 0.3 is 5.97 Å². The molecule has 18 heavy (non-hydrogen) atoms. The summed E-state index contributed by atoms with van der Waals surface area (Å²) in [6.45, 7) is 0.534. The molecule has 5 nitrogen and oxygen atoms in total. The Morgan fingerprint density at radius 2 is 2.28 bits per heavy atom. The largest absolute Gasteiger partial charge is 0.476 e. The Hall–Kier alpha value is -1.95. The van der Waals surface area contributed by atoms with Gasteiger partial charge in [0.25, 0.3) is 0 Å². The van der Waals surface area contributed by atoms with Crippen LogP contribution in [0.4, 0.5) is 0 Å². The van der Waals surface area contributed by atoms with Crippen molar-refractivity contribution in [3.63, 3.8) is 0 Å². The summed E-state index contributed by atoms with van der Waals surface area (Å²) in [5, 5.41) is 2.03. The second-order valence-corrected chi connectivity index (χ2v) is 4.44. The molecule has 0 aliphatic rings. The van der Waals surface area contributed by atoms with Gasteiger partial charge in [0.2, 0.25) is 5.88 Å². The summed E-state index contributed by atoms with van der Waals surface area (Å²) in [4.78, 5) is 20.3. The smallest absolute Gasteiger partial charge is 0.358 e. The Morgan fingerprint density at radius 1 is 1.39 bits per heavy atom. The molecule has 0 amide bonds. The number of carbonyl (C=O) groups excluding carboxylic acids is 1. The lowest BCUT2D eigenvalue weighted by Gasteiger charge is -2.04. The van der Waals surface area contributed by atoms with Gasteiger partial charge in [-0.3, -0.25) is 0 Å². The first-order valence-electron chi connectivity index (χ1n) is 5.35. The predicted molar refractivity (Wildman–Crippen MR) is 66.9 cm³/mol. The number of nitrogens with zero attached hydrogens (tertiary/aromatic N) is 2. The molecule has 0 N–H and O–H groups in total. The van der Waals surface area contributed by atoms with Crippen LogP contribution in [0.3, 0.4) is 0 Å². The molecule has 94 valence electrons. The SMILES string of the molecule is COC(=O)c1cnc(OCCc2cccs2)cn1. The Morgan fingerprint density at radius 3 is 2.89 bits per heavy atom. The van der Waals surface area contributed by atoms with Crippen molar-refractivity contribution in [3.05, 3.63) is 40.5 Å². The lowest BCUT2D eigenvalue weighted by molar-refractivity contribution is 0.0593. The highest BCUT2D eigenvalue weighted by Crippen LogP contribution is 2.10. The number of esters is 1. The van der Waals surface area contributed by atoms with Crippen LogP contribution < -0.4 is 4.74 Å². The topological polar surface area (TPSA) is 61.3 Å². The van der Waals surface area contributed by atoms with E-state index in [0.29, 0.717) is 12.5 Å². The quantitative estimate of drug-likeness (QED) is 0.772. The first-order valence-corrected chi connectivity index (χ1v) is 6.23. The van der Waals surface area contributed by atoms with E-state index in [9.17, 15) is 4.79 Å². The number of rotatable bonds is 5. The van der Waals surface area contributed by atoms with Gasteiger partial charge in [-0.05, 0) is 11.4 Å². The lowest BCUT2D eigenvalue weighted by Crippen LogP contribution is -2.07. The minimum Gasteiger partial charge on any atom is -0.476 e.